The van der Waals surface area contributed by atoms with Crippen molar-refractivity contribution < 1.29 is 4.79 Å². The summed E-state index contributed by atoms with van der Waals surface area (Å²) in [5.74, 6) is 0.155. The second kappa shape index (κ2) is 6.25. The molecule has 3 nitrogen and oxygen atoms in total. The maximum atomic E-state index is 12.4. The number of likely N-dealkylation sites (N-methyl/N-ethyl adjacent to an activating group) is 1. The van der Waals surface area contributed by atoms with Crippen LogP contribution in [0.4, 0.5) is 0 Å². The third-order valence-corrected chi connectivity index (χ3v) is 4.20. The number of nitrogens with one attached hydrogen (secondary N) is 1. The van der Waals surface area contributed by atoms with Crippen molar-refractivity contribution >= 4 is 17.7 Å². The van der Waals surface area contributed by atoms with E-state index >= 15 is 0 Å². The molecule has 18 heavy (non-hydrogen) atoms. The molecule has 0 spiro atoms. The van der Waals surface area contributed by atoms with Gasteiger partial charge in [-0.2, -0.15) is 0 Å². The normalized spacial score (nSPS) is 19.9. The monoisotopic (exact) mass is 264 g/mol. The molecule has 1 N–H and O–H groups in total. The van der Waals surface area contributed by atoms with Gasteiger partial charge in [0, 0.05) is 29.6 Å². The van der Waals surface area contributed by atoms with Crippen LogP contribution in [0.5, 0.6) is 0 Å². The lowest BCUT2D eigenvalue weighted by atomic mass is 10.0. The number of piperidine rings is 1. The summed E-state index contributed by atoms with van der Waals surface area (Å²) in [7, 11) is 1.96. The van der Waals surface area contributed by atoms with Gasteiger partial charge in [-0.3, -0.25) is 4.79 Å². The van der Waals surface area contributed by atoms with Gasteiger partial charge in [0.15, 0.2) is 0 Å². The van der Waals surface area contributed by atoms with Crippen molar-refractivity contribution in [3.63, 3.8) is 0 Å². The number of carbonyl (C=O) groups is 1. The Hall–Kier alpha value is -1.00. The minimum atomic E-state index is 0.155. The highest BCUT2D eigenvalue weighted by atomic mass is 32.2. The lowest BCUT2D eigenvalue weighted by Gasteiger charge is -2.32. The highest BCUT2D eigenvalue weighted by Gasteiger charge is 2.23. The molecule has 0 radical (unpaired) electrons. The average molecular weight is 264 g/mol. The number of amides is 1. The predicted molar refractivity (Wildman–Crippen MR) is 76.2 cm³/mol. The fourth-order valence-corrected chi connectivity index (χ4v) is 2.72. The number of likely N-dealkylation sites (tertiary alicyclic amines) is 1. The molecule has 0 saturated carbocycles. The molecular formula is C14H20N2OS. The lowest BCUT2D eigenvalue weighted by Crippen LogP contribution is -2.46. The second-order valence-electron chi connectivity index (χ2n) is 4.61. The summed E-state index contributed by atoms with van der Waals surface area (Å²) in [5, 5.41) is 3.26. The fourth-order valence-electron chi connectivity index (χ4n) is 2.31. The molecule has 0 aliphatic carbocycles. The first-order valence-corrected chi connectivity index (χ1v) is 7.57. The molecule has 1 heterocycles. The van der Waals surface area contributed by atoms with E-state index in [4.69, 9.17) is 0 Å². The van der Waals surface area contributed by atoms with Gasteiger partial charge in [0.25, 0.3) is 5.91 Å². The highest BCUT2D eigenvalue weighted by molar-refractivity contribution is 7.98. The van der Waals surface area contributed by atoms with Gasteiger partial charge >= 0.3 is 0 Å². The summed E-state index contributed by atoms with van der Waals surface area (Å²) in [4.78, 5) is 15.5. The molecule has 1 unspecified atom stereocenters. The van der Waals surface area contributed by atoms with Crippen LogP contribution in [0, 0.1) is 0 Å². The molecule has 0 aromatic heterocycles. The molecule has 1 aliphatic rings. The largest absolute Gasteiger partial charge is 0.337 e. The zero-order chi connectivity index (χ0) is 13.0. The molecule has 98 valence electrons. The van der Waals surface area contributed by atoms with E-state index in [2.05, 4.69) is 5.32 Å². The number of nitrogens with zero attached hydrogens (tertiary/aromatic N) is 1. The van der Waals surface area contributed by atoms with E-state index < -0.39 is 0 Å². The summed E-state index contributed by atoms with van der Waals surface area (Å²) < 4.78 is 0. The van der Waals surface area contributed by atoms with Gasteiger partial charge < -0.3 is 10.2 Å². The minimum absolute atomic E-state index is 0.155. The van der Waals surface area contributed by atoms with Crippen molar-refractivity contribution in [2.45, 2.75) is 23.8 Å². The van der Waals surface area contributed by atoms with Crippen LogP contribution in [0.3, 0.4) is 0 Å². The van der Waals surface area contributed by atoms with Crippen LogP contribution >= 0.6 is 11.8 Å². The Morgan fingerprint density at radius 2 is 2.11 bits per heavy atom. The fraction of sp³-hybridized carbons (Fsp3) is 0.500. The lowest BCUT2D eigenvalue weighted by molar-refractivity contribution is 0.0698. The van der Waals surface area contributed by atoms with Gasteiger partial charge in [-0.1, -0.05) is 0 Å². The maximum Gasteiger partial charge on any atom is 0.253 e. The molecule has 0 bridgehead atoms. The second-order valence-corrected chi connectivity index (χ2v) is 5.49. The standard InChI is InChI=1S/C14H20N2OS/c1-15-12-4-3-9-16(10-12)14(17)11-5-7-13(18-2)8-6-11/h5-8,12,15H,3-4,9-10H2,1-2H3. The van der Waals surface area contributed by atoms with Crippen LogP contribution in [0.2, 0.25) is 0 Å². The SMILES string of the molecule is CNC1CCCN(C(=O)c2ccc(SC)cc2)C1. The molecular weight excluding hydrogens is 244 g/mol. The van der Waals surface area contributed by atoms with Crippen molar-refractivity contribution in [3.8, 4) is 0 Å². The first kappa shape index (κ1) is 13.4. The van der Waals surface area contributed by atoms with Crippen molar-refractivity contribution in [1.29, 1.82) is 0 Å². The van der Waals surface area contributed by atoms with Gasteiger partial charge in [-0.25, -0.2) is 0 Å². The molecule has 2 rings (SSSR count). The summed E-state index contributed by atoms with van der Waals surface area (Å²) in [6.45, 7) is 1.70. The first-order valence-electron chi connectivity index (χ1n) is 6.35. The summed E-state index contributed by atoms with van der Waals surface area (Å²) in [6.07, 6.45) is 4.28. The summed E-state index contributed by atoms with van der Waals surface area (Å²) in [5.41, 5.74) is 0.796. The zero-order valence-electron chi connectivity index (χ0n) is 11.0. The minimum Gasteiger partial charge on any atom is -0.337 e. The molecule has 1 fully saturated rings. The van der Waals surface area contributed by atoms with Crippen LogP contribution in [-0.2, 0) is 0 Å². The smallest absolute Gasteiger partial charge is 0.253 e. The maximum absolute atomic E-state index is 12.4. The van der Waals surface area contributed by atoms with Crippen LogP contribution in [-0.4, -0.2) is 43.2 Å². The van der Waals surface area contributed by atoms with E-state index in [1.165, 1.54) is 4.90 Å². The van der Waals surface area contributed by atoms with E-state index in [1.807, 2.05) is 42.5 Å². The number of benzene rings is 1. The Bertz CT molecular complexity index is 405. The van der Waals surface area contributed by atoms with Gasteiger partial charge in [-0.15, -0.1) is 11.8 Å². The Kier molecular flexibility index (Phi) is 4.66. The topological polar surface area (TPSA) is 32.3 Å². The van der Waals surface area contributed by atoms with E-state index in [0.29, 0.717) is 6.04 Å². The van der Waals surface area contributed by atoms with E-state index in [1.54, 1.807) is 11.8 Å². The summed E-state index contributed by atoms with van der Waals surface area (Å²) in [6, 6.07) is 8.32. The van der Waals surface area contributed by atoms with Gasteiger partial charge in [0.05, 0.1) is 0 Å². The van der Waals surface area contributed by atoms with Crippen molar-refractivity contribution in [1.82, 2.24) is 10.2 Å². The molecule has 1 aromatic carbocycles. The third kappa shape index (κ3) is 3.06. The van der Waals surface area contributed by atoms with Crippen molar-refractivity contribution in [2.24, 2.45) is 0 Å². The van der Waals surface area contributed by atoms with Crippen LogP contribution < -0.4 is 5.32 Å². The number of carbonyl (C=O) groups excluding carboxylic acids is 1. The third-order valence-electron chi connectivity index (χ3n) is 3.45. The van der Waals surface area contributed by atoms with Gasteiger partial charge in [0.2, 0.25) is 0 Å². The van der Waals surface area contributed by atoms with Crippen LogP contribution in [0.15, 0.2) is 29.2 Å². The molecule has 1 aliphatic heterocycles. The van der Waals surface area contributed by atoms with E-state index in [9.17, 15) is 4.79 Å². The van der Waals surface area contributed by atoms with E-state index in [-0.39, 0.29) is 5.91 Å². The molecule has 1 saturated heterocycles. The zero-order valence-corrected chi connectivity index (χ0v) is 11.8. The van der Waals surface area contributed by atoms with Crippen LogP contribution in [0.1, 0.15) is 23.2 Å². The number of thioether (sulfide) groups is 1. The first-order chi connectivity index (χ1) is 8.74. The Morgan fingerprint density at radius 3 is 2.72 bits per heavy atom. The highest BCUT2D eigenvalue weighted by Crippen LogP contribution is 2.18. The average Bonchev–Trinajstić information content (AvgIpc) is 2.46. The van der Waals surface area contributed by atoms with E-state index in [0.717, 1.165) is 31.5 Å². The Labute approximate surface area is 113 Å². The van der Waals surface area contributed by atoms with Crippen molar-refractivity contribution in [3.05, 3.63) is 29.8 Å². The van der Waals surface area contributed by atoms with Gasteiger partial charge in [-0.05, 0) is 50.4 Å². The van der Waals surface area contributed by atoms with Crippen molar-refractivity contribution in [2.75, 3.05) is 26.4 Å². The number of hydrogen-bond acceptors (Lipinski definition) is 3. The number of hydrogen-bond donors (Lipinski definition) is 1. The Morgan fingerprint density at radius 1 is 1.39 bits per heavy atom. The number of rotatable bonds is 3. The quantitative estimate of drug-likeness (QED) is 0.850. The predicted octanol–water partition coefficient (Wildman–Crippen LogP) is 2.23. The molecule has 4 heteroatoms. The Balaban J connectivity index is 2.05. The molecule has 1 amide bonds. The van der Waals surface area contributed by atoms with Gasteiger partial charge in [0.1, 0.15) is 0 Å². The van der Waals surface area contributed by atoms with Crippen LogP contribution in [0.25, 0.3) is 0 Å². The molecule has 1 aromatic rings. The molecule has 1 atom stereocenters. The summed E-state index contributed by atoms with van der Waals surface area (Å²) >= 11 is 1.69.